The summed E-state index contributed by atoms with van der Waals surface area (Å²) in [5.74, 6) is 0. The molecule has 0 amide bonds. The third-order valence-electron chi connectivity index (χ3n) is 2.46. The highest BCUT2D eigenvalue weighted by molar-refractivity contribution is 9.10. The molecular weight excluding hydrogens is 320 g/mol. The molecule has 0 fully saturated rings. The summed E-state index contributed by atoms with van der Waals surface area (Å²) in [6.45, 7) is 1.70. The molecule has 1 unspecified atom stereocenters. The molecule has 0 aliphatic heterocycles. The maximum absolute atomic E-state index is 9.29. The van der Waals surface area contributed by atoms with Crippen LogP contribution in [0.2, 0.25) is 5.02 Å². The number of rotatable bonds is 5. The van der Waals surface area contributed by atoms with E-state index in [1.54, 1.807) is 25.1 Å². The zero-order chi connectivity index (χ0) is 13.8. The van der Waals surface area contributed by atoms with Gasteiger partial charge in [0.2, 0.25) is 0 Å². The highest BCUT2D eigenvalue weighted by atomic mass is 79.9. The lowest BCUT2D eigenvalue weighted by molar-refractivity contribution is -0.124. The third kappa shape index (κ3) is 3.36. The van der Waals surface area contributed by atoms with Crippen LogP contribution >= 0.6 is 27.5 Å². The van der Waals surface area contributed by atoms with E-state index in [1.165, 1.54) is 14.2 Å². The van der Waals surface area contributed by atoms with Crippen molar-refractivity contribution in [3.63, 3.8) is 0 Å². The predicted octanol–water partition coefficient (Wildman–Crippen LogP) is 3.42. The molecule has 0 saturated carbocycles. The highest BCUT2D eigenvalue weighted by Gasteiger charge is 2.35. The van der Waals surface area contributed by atoms with Crippen LogP contribution in [0.4, 0.5) is 5.69 Å². The van der Waals surface area contributed by atoms with Crippen molar-refractivity contribution in [1.29, 1.82) is 5.26 Å². The number of nitrogens with one attached hydrogen (secondary N) is 1. The Hall–Kier alpha value is -0.800. The Balaban J connectivity index is 2.98. The van der Waals surface area contributed by atoms with Gasteiger partial charge in [0.1, 0.15) is 0 Å². The first-order valence-electron chi connectivity index (χ1n) is 5.17. The van der Waals surface area contributed by atoms with Gasteiger partial charge in [0, 0.05) is 24.4 Å². The standard InChI is InChI=1S/C12H14BrClN2O2/c1-12(7-15,11(17-2)18-3)16-8-4-5-10(14)9(13)6-8/h4-6,11,16H,1-3H3. The van der Waals surface area contributed by atoms with E-state index in [4.69, 9.17) is 21.1 Å². The summed E-state index contributed by atoms with van der Waals surface area (Å²) in [6.07, 6.45) is -0.683. The first-order chi connectivity index (χ1) is 8.46. The van der Waals surface area contributed by atoms with Crippen molar-refractivity contribution < 1.29 is 9.47 Å². The van der Waals surface area contributed by atoms with Gasteiger partial charge in [0.15, 0.2) is 11.8 Å². The first kappa shape index (κ1) is 15.3. The number of hydrogen-bond acceptors (Lipinski definition) is 4. The maximum atomic E-state index is 9.29. The van der Waals surface area contributed by atoms with E-state index in [0.717, 1.165) is 10.2 Å². The SMILES string of the molecule is COC(OC)C(C)(C#N)Nc1ccc(Cl)c(Br)c1. The summed E-state index contributed by atoms with van der Waals surface area (Å²) in [6, 6.07) is 7.46. The van der Waals surface area contributed by atoms with Crippen molar-refractivity contribution in [3.8, 4) is 6.07 Å². The smallest absolute Gasteiger partial charge is 0.193 e. The van der Waals surface area contributed by atoms with E-state index < -0.39 is 11.8 Å². The number of nitrogens with zero attached hydrogens (tertiary/aromatic N) is 1. The van der Waals surface area contributed by atoms with Gasteiger partial charge >= 0.3 is 0 Å². The Morgan fingerprint density at radius 3 is 2.50 bits per heavy atom. The Labute approximate surface area is 120 Å². The summed E-state index contributed by atoms with van der Waals surface area (Å²) in [4.78, 5) is 0. The fourth-order valence-corrected chi connectivity index (χ4v) is 2.08. The topological polar surface area (TPSA) is 54.3 Å². The maximum Gasteiger partial charge on any atom is 0.193 e. The molecule has 0 heterocycles. The molecule has 0 aliphatic carbocycles. The van der Waals surface area contributed by atoms with E-state index in [-0.39, 0.29) is 0 Å². The van der Waals surface area contributed by atoms with Crippen molar-refractivity contribution in [2.45, 2.75) is 18.8 Å². The molecule has 0 saturated heterocycles. The van der Waals surface area contributed by atoms with Crippen molar-refractivity contribution >= 4 is 33.2 Å². The van der Waals surface area contributed by atoms with Gasteiger partial charge < -0.3 is 14.8 Å². The molecular formula is C12H14BrClN2O2. The van der Waals surface area contributed by atoms with Crippen LogP contribution in [-0.4, -0.2) is 26.0 Å². The fourth-order valence-electron chi connectivity index (χ4n) is 1.58. The van der Waals surface area contributed by atoms with E-state index in [9.17, 15) is 5.26 Å². The van der Waals surface area contributed by atoms with Crippen LogP contribution in [-0.2, 0) is 9.47 Å². The van der Waals surface area contributed by atoms with Crippen molar-refractivity contribution in [2.75, 3.05) is 19.5 Å². The molecule has 0 radical (unpaired) electrons. The lowest BCUT2D eigenvalue weighted by Gasteiger charge is -2.31. The Morgan fingerprint density at radius 1 is 1.44 bits per heavy atom. The number of nitriles is 1. The molecule has 18 heavy (non-hydrogen) atoms. The zero-order valence-electron chi connectivity index (χ0n) is 10.3. The zero-order valence-corrected chi connectivity index (χ0v) is 12.7. The quantitative estimate of drug-likeness (QED) is 0.839. The molecule has 0 aromatic heterocycles. The minimum absolute atomic E-state index is 0.606. The largest absolute Gasteiger partial charge is 0.363 e. The first-order valence-corrected chi connectivity index (χ1v) is 6.34. The number of hydrogen-bond donors (Lipinski definition) is 1. The van der Waals surface area contributed by atoms with Crippen molar-refractivity contribution in [1.82, 2.24) is 0 Å². The minimum Gasteiger partial charge on any atom is -0.363 e. The number of halogens is 2. The van der Waals surface area contributed by atoms with Gasteiger partial charge in [-0.1, -0.05) is 11.6 Å². The summed E-state index contributed by atoms with van der Waals surface area (Å²) in [5.41, 5.74) is -0.258. The van der Waals surface area contributed by atoms with Gasteiger partial charge in [-0.3, -0.25) is 0 Å². The Morgan fingerprint density at radius 2 is 2.06 bits per heavy atom. The lowest BCUT2D eigenvalue weighted by atomic mass is 10.0. The van der Waals surface area contributed by atoms with Crippen LogP contribution in [0.15, 0.2) is 22.7 Å². The number of benzene rings is 1. The molecule has 1 atom stereocenters. The Kier molecular flexibility index (Phi) is 5.42. The van der Waals surface area contributed by atoms with Crippen LogP contribution in [0.3, 0.4) is 0 Å². The molecule has 1 aromatic carbocycles. The molecule has 1 N–H and O–H groups in total. The highest BCUT2D eigenvalue weighted by Crippen LogP contribution is 2.28. The third-order valence-corrected chi connectivity index (χ3v) is 3.67. The normalized spacial score (nSPS) is 14.1. The van der Waals surface area contributed by atoms with Gasteiger partial charge in [-0.15, -0.1) is 0 Å². The van der Waals surface area contributed by atoms with E-state index in [1.807, 2.05) is 0 Å². The second-order valence-electron chi connectivity index (χ2n) is 3.87. The van der Waals surface area contributed by atoms with Gasteiger partial charge in [-0.2, -0.15) is 5.26 Å². The van der Waals surface area contributed by atoms with Gasteiger partial charge in [-0.05, 0) is 41.1 Å². The van der Waals surface area contributed by atoms with Crippen molar-refractivity contribution in [2.24, 2.45) is 0 Å². The van der Waals surface area contributed by atoms with Crippen LogP contribution < -0.4 is 5.32 Å². The average molecular weight is 334 g/mol. The van der Waals surface area contributed by atoms with Gasteiger partial charge in [0.05, 0.1) is 11.1 Å². The molecule has 4 nitrogen and oxygen atoms in total. The molecule has 0 bridgehead atoms. The number of ether oxygens (including phenoxy) is 2. The average Bonchev–Trinajstić information content (AvgIpc) is 2.35. The molecule has 0 aliphatic rings. The lowest BCUT2D eigenvalue weighted by Crippen LogP contribution is -2.47. The van der Waals surface area contributed by atoms with Crippen LogP contribution in [0.5, 0.6) is 0 Å². The summed E-state index contributed by atoms with van der Waals surface area (Å²) < 4.78 is 11.0. The summed E-state index contributed by atoms with van der Waals surface area (Å²) >= 11 is 9.24. The molecule has 98 valence electrons. The molecule has 6 heteroatoms. The minimum atomic E-state index is -1.00. The van der Waals surface area contributed by atoms with E-state index >= 15 is 0 Å². The summed E-state index contributed by atoms with van der Waals surface area (Å²) in [5, 5.41) is 13.0. The molecule has 1 rings (SSSR count). The Bertz CT molecular complexity index is 460. The van der Waals surface area contributed by atoms with Crippen LogP contribution in [0, 0.1) is 11.3 Å². The molecule has 1 aromatic rings. The second kappa shape index (κ2) is 6.39. The number of anilines is 1. The monoisotopic (exact) mass is 332 g/mol. The van der Waals surface area contributed by atoms with Crippen LogP contribution in [0.25, 0.3) is 0 Å². The second-order valence-corrected chi connectivity index (χ2v) is 5.13. The van der Waals surface area contributed by atoms with E-state index in [2.05, 4.69) is 27.3 Å². The number of methoxy groups -OCH3 is 2. The molecule has 0 spiro atoms. The van der Waals surface area contributed by atoms with Crippen molar-refractivity contribution in [3.05, 3.63) is 27.7 Å². The van der Waals surface area contributed by atoms with Gasteiger partial charge in [-0.25, -0.2) is 0 Å². The summed E-state index contributed by atoms with van der Waals surface area (Å²) in [7, 11) is 2.98. The van der Waals surface area contributed by atoms with Crippen LogP contribution in [0.1, 0.15) is 6.92 Å². The fraction of sp³-hybridized carbons (Fsp3) is 0.417. The van der Waals surface area contributed by atoms with E-state index in [0.29, 0.717) is 5.02 Å². The predicted molar refractivity (Wildman–Crippen MR) is 74.6 cm³/mol. The van der Waals surface area contributed by atoms with Gasteiger partial charge in [0.25, 0.3) is 0 Å².